The van der Waals surface area contributed by atoms with Gasteiger partial charge >= 0.3 is 11.8 Å². The van der Waals surface area contributed by atoms with Crippen molar-refractivity contribution in [2.24, 2.45) is 5.84 Å². The normalized spacial score (nSPS) is 12.0. The van der Waals surface area contributed by atoms with Crippen molar-refractivity contribution in [3.63, 3.8) is 0 Å². The van der Waals surface area contributed by atoms with Crippen molar-refractivity contribution in [2.75, 3.05) is 19.1 Å². The first-order valence-electron chi connectivity index (χ1n) is 4.35. The second-order valence-electron chi connectivity index (χ2n) is 2.91. The molecule has 3 N–H and O–H groups in total. The molecule has 6 heteroatoms. The van der Waals surface area contributed by atoms with E-state index >= 15 is 0 Å². The molecule has 1 atom stereocenters. The zero-order valence-electron chi connectivity index (χ0n) is 8.74. The van der Waals surface area contributed by atoms with Crippen LogP contribution in [0.2, 0.25) is 0 Å². The SMILES string of the molecule is CCC(CSC)N(C)C(=O)C(=O)NN. The second kappa shape index (κ2) is 6.67. The number of hydrogen-bond donors (Lipinski definition) is 2. The van der Waals surface area contributed by atoms with Crippen LogP contribution in [-0.2, 0) is 9.59 Å². The number of thioether (sulfide) groups is 1. The summed E-state index contributed by atoms with van der Waals surface area (Å²) in [5.41, 5.74) is 1.83. The number of hydrazine groups is 1. The van der Waals surface area contributed by atoms with Crippen LogP contribution in [0.4, 0.5) is 0 Å². The van der Waals surface area contributed by atoms with Gasteiger partial charge in [0.05, 0.1) is 0 Å². The monoisotopic (exact) mass is 219 g/mol. The summed E-state index contributed by atoms with van der Waals surface area (Å²) < 4.78 is 0. The van der Waals surface area contributed by atoms with E-state index < -0.39 is 11.8 Å². The summed E-state index contributed by atoms with van der Waals surface area (Å²) in [4.78, 5) is 23.7. The van der Waals surface area contributed by atoms with E-state index in [1.807, 2.05) is 18.6 Å². The summed E-state index contributed by atoms with van der Waals surface area (Å²) in [5, 5.41) is 0. The van der Waals surface area contributed by atoms with Gasteiger partial charge in [-0.2, -0.15) is 11.8 Å². The molecule has 5 nitrogen and oxygen atoms in total. The van der Waals surface area contributed by atoms with Gasteiger partial charge in [0.1, 0.15) is 0 Å². The Bertz CT molecular complexity index is 211. The van der Waals surface area contributed by atoms with Crippen LogP contribution in [-0.4, -0.2) is 41.8 Å². The third kappa shape index (κ3) is 3.55. The molecule has 0 bridgehead atoms. The number of rotatable bonds is 4. The molecule has 2 amide bonds. The molecule has 0 aliphatic heterocycles. The van der Waals surface area contributed by atoms with E-state index in [-0.39, 0.29) is 6.04 Å². The zero-order chi connectivity index (χ0) is 11.1. The van der Waals surface area contributed by atoms with Crippen LogP contribution in [0.3, 0.4) is 0 Å². The van der Waals surface area contributed by atoms with Gasteiger partial charge in [-0.15, -0.1) is 0 Å². The van der Waals surface area contributed by atoms with Gasteiger partial charge < -0.3 is 4.90 Å². The van der Waals surface area contributed by atoms with E-state index in [4.69, 9.17) is 5.84 Å². The lowest BCUT2D eigenvalue weighted by molar-refractivity contribution is -0.146. The van der Waals surface area contributed by atoms with Crippen LogP contribution in [0, 0.1) is 0 Å². The van der Waals surface area contributed by atoms with Gasteiger partial charge in [-0.1, -0.05) is 6.92 Å². The zero-order valence-corrected chi connectivity index (χ0v) is 9.56. The third-order valence-electron chi connectivity index (χ3n) is 2.02. The molecular formula is C8H17N3O2S. The van der Waals surface area contributed by atoms with Gasteiger partial charge in [0, 0.05) is 18.8 Å². The minimum absolute atomic E-state index is 0.0785. The summed E-state index contributed by atoms with van der Waals surface area (Å²) in [7, 11) is 1.61. The molecule has 0 spiro atoms. The highest BCUT2D eigenvalue weighted by atomic mass is 32.2. The molecule has 0 aromatic carbocycles. The van der Waals surface area contributed by atoms with Crippen molar-refractivity contribution in [3.05, 3.63) is 0 Å². The predicted octanol–water partition coefficient (Wildman–Crippen LogP) is -0.424. The Kier molecular flexibility index (Phi) is 6.31. The standard InChI is InChI=1S/C8H17N3O2S/c1-4-6(5-14-3)11(2)8(13)7(12)10-9/h6H,4-5,9H2,1-3H3,(H,10,12). The average Bonchev–Trinajstić information content (AvgIpc) is 2.22. The Morgan fingerprint density at radius 2 is 2.14 bits per heavy atom. The molecule has 0 rings (SSSR count). The summed E-state index contributed by atoms with van der Waals surface area (Å²) in [6.07, 6.45) is 2.78. The van der Waals surface area contributed by atoms with Crippen LogP contribution in [0.5, 0.6) is 0 Å². The number of nitrogens with one attached hydrogen (secondary N) is 1. The second-order valence-corrected chi connectivity index (χ2v) is 3.82. The van der Waals surface area contributed by atoms with E-state index in [0.717, 1.165) is 12.2 Å². The van der Waals surface area contributed by atoms with Crippen molar-refractivity contribution >= 4 is 23.6 Å². The highest BCUT2D eigenvalue weighted by Crippen LogP contribution is 2.08. The molecule has 0 aliphatic carbocycles. The summed E-state index contributed by atoms with van der Waals surface area (Å²) in [5.74, 6) is 4.33. The maximum atomic E-state index is 11.4. The predicted molar refractivity (Wildman–Crippen MR) is 57.6 cm³/mol. The number of nitrogens with zero attached hydrogens (tertiary/aromatic N) is 1. The lowest BCUT2D eigenvalue weighted by atomic mass is 10.2. The van der Waals surface area contributed by atoms with Crippen molar-refractivity contribution in [2.45, 2.75) is 19.4 Å². The fourth-order valence-corrected chi connectivity index (χ4v) is 1.93. The molecule has 82 valence electrons. The Morgan fingerprint density at radius 1 is 1.57 bits per heavy atom. The highest BCUT2D eigenvalue weighted by molar-refractivity contribution is 7.98. The molecule has 0 saturated carbocycles. The van der Waals surface area contributed by atoms with Crippen LogP contribution >= 0.6 is 11.8 Å². The molecule has 0 aromatic rings. The molecular weight excluding hydrogens is 202 g/mol. The highest BCUT2D eigenvalue weighted by Gasteiger charge is 2.23. The van der Waals surface area contributed by atoms with Gasteiger partial charge in [-0.05, 0) is 12.7 Å². The van der Waals surface area contributed by atoms with Crippen LogP contribution < -0.4 is 11.3 Å². The number of likely N-dealkylation sites (N-methyl/N-ethyl adjacent to an activating group) is 1. The van der Waals surface area contributed by atoms with Gasteiger partial charge in [-0.25, -0.2) is 5.84 Å². The molecule has 0 aromatic heterocycles. The Labute approximate surface area is 88.4 Å². The van der Waals surface area contributed by atoms with Crippen LogP contribution in [0.15, 0.2) is 0 Å². The maximum absolute atomic E-state index is 11.4. The number of amides is 2. The fraction of sp³-hybridized carbons (Fsp3) is 0.750. The number of carbonyl (C=O) groups excluding carboxylic acids is 2. The van der Waals surface area contributed by atoms with Crippen molar-refractivity contribution in [3.8, 4) is 0 Å². The lowest BCUT2D eigenvalue weighted by Crippen LogP contribution is -2.48. The van der Waals surface area contributed by atoms with Gasteiger partial charge in [0.2, 0.25) is 0 Å². The number of nitrogens with two attached hydrogens (primary N) is 1. The average molecular weight is 219 g/mol. The van der Waals surface area contributed by atoms with Gasteiger partial charge in [-0.3, -0.25) is 15.0 Å². The molecule has 0 aliphatic rings. The Morgan fingerprint density at radius 3 is 2.50 bits per heavy atom. The van der Waals surface area contributed by atoms with Crippen molar-refractivity contribution in [1.29, 1.82) is 0 Å². The third-order valence-corrected chi connectivity index (χ3v) is 2.74. The van der Waals surface area contributed by atoms with Crippen LogP contribution in [0.25, 0.3) is 0 Å². The molecule has 1 unspecified atom stereocenters. The molecule has 0 radical (unpaired) electrons. The Balaban J connectivity index is 4.33. The summed E-state index contributed by atoms with van der Waals surface area (Å²) >= 11 is 1.64. The van der Waals surface area contributed by atoms with E-state index in [1.165, 1.54) is 4.90 Å². The van der Waals surface area contributed by atoms with Gasteiger partial charge in [0.25, 0.3) is 0 Å². The molecule has 14 heavy (non-hydrogen) atoms. The molecule has 0 saturated heterocycles. The van der Waals surface area contributed by atoms with E-state index in [1.54, 1.807) is 18.8 Å². The van der Waals surface area contributed by atoms with Gasteiger partial charge in [0.15, 0.2) is 0 Å². The summed E-state index contributed by atoms with van der Waals surface area (Å²) in [6, 6.07) is 0.0785. The number of carbonyl (C=O) groups is 2. The lowest BCUT2D eigenvalue weighted by Gasteiger charge is -2.25. The quantitative estimate of drug-likeness (QED) is 0.291. The first-order chi connectivity index (χ1) is 6.58. The van der Waals surface area contributed by atoms with Crippen molar-refractivity contribution < 1.29 is 9.59 Å². The maximum Gasteiger partial charge on any atom is 0.323 e. The minimum atomic E-state index is -0.771. The van der Waals surface area contributed by atoms with E-state index in [2.05, 4.69) is 0 Å². The molecule has 0 fully saturated rings. The number of hydrogen-bond acceptors (Lipinski definition) is 4. The molecule has 0 heterocycles. The fourth-order valence-electron chi connectivity index (χ4n) is 1.08. The van der Waals surface area contributed by atoms with E-state index in [0.29, 0.717) is 0 Å². The first kappa shape index (κ1) is 13.2. The Hall–Kier alpha value is -0.750. The largest absolute Gasteiger partial charge is 0.334 e. The van der Waals surface area contributed by atoms with Crippen molar-refractivity contribution in [1.82, 2.24) is 10.3 Å². The minimum Gasteiger partial charge on any atom is -0.334 e. The summed E-state index contributed by atoms with van der Waals surface area (Å²) in [6.45, 7) is 1.98. The van der Waals surface area contributed by atoms with E-state index in [9.17, 15) is 9.59 Å². The smallest absolute Gasteiger partial charge is 0.323 e. The van der Waals surface area contributed by atoms with Crippen LogP contribution in [0.1, 0.15) is 13.3 Å². The topological polar surface area (TPSA) is 75.4 Å². The first-order valence-corrected chi connectivity index (χ1v) is 5.74.